The number of aliphatic hydroxyl groups excluding tert-OH is 1. The van der Waals surface area contributed by atoms with Crippen molar-refractivity contribution in [2.24, 2.45) is 5.92 Å². The van der Waals surface area contributed by atoms with Gasteiger partial charge in [-0.1, -0.05) is 0 Å². The summed E-state index contributed by atoms with van der Waals surface area (Å²) >= 11 is 0. The molecule has 0 aromatic heterocycles. The largest absolute Gasteiger partial charge is 0.393 e. The van der Waals surface area contributed by atoms with Crippen molar-refractivity contribution in [3.8, 4) is 6.07 Å². The van der Waals surface area contributed by atoms with E-state index in [1.807, 2.05) is 6.07 Å². The van der Waals surface area contributed by atoms with Crippen molar-refractivity contribution in [1.29, 1.82) is 5.26 Å². The highest BCUT2D eigenvalue weighted by molar-refractivity contribution is 4.79. The van der Waals surface area contributed by atoms with E-state index < -0.39 is 0 Å². The van der Waals surface area contributed by atoms with E-state index in [1.165, 1.54) is 0 Å². The Morgan fingerprint density at radius 2 is 2.36 bits per heavy atom. The molecule has 2 atom stereocenters. The molecule has 1 rings (SSSR count). The van der Waals surface area contributed by atoms with Crippen LogP contribution >= 0.6 is 0 Å². The third kappa shape index (κ3) is 2.87. The molecule has 2 N–H and O–H groups in total. The van der Waals surface area contributed by atoms with Crippen LogP contribution in [0.3, 0.4) is 0 Å². The first-order valence-corrected chi connectivity index (χ1v) is 4.08. The van der Waals surface area contributed by atoms with Gasteiger partial charge in [-0.25, -0.2) is 0 Å². The summed E-state index contributed by atoms with van der Waals surface area (Å²) in [6, 6.07) is 2.03. The van der Waals surface area contributed by atoms with Crippen molar-refractivity contribution in [3.05, 3.63) is 0 Å². The fraction of sp³-hybridized carbons (Fsp3) is 0.875. The van der Waals surface area contributed by atoms with Crippen LogP contribution in [0.5, 0.6) is 0 Å². The van der Waals surface area contributed by atoms with Crippen LogP contribution in [-0.4, -0.2) is 24.3 Å². The molecule has 1 fully saturated rings. The molecule has 3 heteroatoms. The summed E-state index contributed by atoms with van der Waals surface area (Å²) in [6.07, 6.45) is 2.83. The van der Waals surface area contributed by atoms with Crippen molar-refractivity contribution in [2.45, 2.75) is 25.4 Å². The minimum absolute atomic E-state index is 0.0936. The summed E-state index contributed by atoms with van der Waals surface area (Å²) in [5.74, 6) is 0.582. The minimum Gasteiger partial charge on any atom is -0.393 e. The molecule has 0 heterocycles. The van der Waals surface area contributed by atoms with Gasteiger partial charge in [-0.15, -0.1) is 0 Å². The molecule has 0 saturated heterocycles. The molecule has 11 heavy (non-hydrogen) atoms. The van der Waals surface area contributed by atoms with Crippen molar-refractivity contribution < 1.29 is 5.11 Å². The number of hydrogen-bond acceptors (Lipinski definition) is 3. The summed E-state index contributed by atoms with van der Waals surface area (Å²) in [4.78, 5) is 0. The Kier molecular flexibility index (Phi) is 3.34. The lowest BCUT2D eigenvalue weighted by Crippen LogP contribution is -2.21. The Bertz CT molecular complexity index is 153. The summed E-state index contributed by atoms with van der Waals surface area (Å²) < 4.78 is 0. The zero-order valence-electron chi connectivity index (χ0n) is 6.58. The van der Waals surface area contributed by atoms with E-state index in [1.54, 1.807) is 0 Å². The minimum atomic E-state index is -0.0936. The Labute approximate surface area is 67.0 Å². The predicted octanol–water partition coefficient (Wildman–Crippen LogP) is 0.261. The molecule has 0 aromatic rings. The normalized spacial score (nSPS) is 30.2. The lowest BCUT2D eigenvalue weighted by Gasteiger charge is -2.07. The van der Waals surface area contributed by atoms with E-state index in [0.29, 0.717) is 12.5 Å². The maximum absolute atomic E-state index is 9.16. The molecule has 2 unspecified atom stereocenters. The molecular formula is C8H14N2O. The monoisotopic (exact) mass is 154 g/mol. The average Bonchev–Trinajstić information content (AvgIpc) is 2.37. The van der Waals surface area contributed by atoms with Gasteiger partial charge in [0.05, 0.1) is 18.7 Å². The van der Waals surface area contributed by atoms with Crippen LogP contribution in [0.15, 0.2) is 0 Å². The third-order valence-corrected chi connectivity index (χ3v) is 2.15. The number of nitrogens with zero attached hydrogens (tertiary/aromatic N) is 1. The van der Waals surface area contributed by atoms with E-state index >= 15 is 0 Å². The molecule has 1 aliphatic rings. The third-order valence-electron chi connectivity index (χ3n) is 2.15. The quantitative estimate of drug-likeness (QED) is 0.453. The van der Waals surface area contributed by atoms with Crippen molar-refractivity contribution in [2.75, 3.05) is 13.1 Å². The fourth-order valence-electron chi connectivity index (χ4n) is 1.57. The van der Waals surface area contributed by atoms with Crippen molar-refractivity contribution in [3.63, 3.8) is 0 Å². The van der Waals surface area contributed by atoms with E-state index in [9.17, 15) is 0 Å². The van der Waals surface area contributed by atoms with Gasteiger partial charge in [0, 0.05) is 0 Å². The zero-order valence-corrected chi connectivity index (χ0v) is 6.58. The predicted molar refractivity (Wildman–Crippen MR) is 41.8 cm³/mol. The van der Waals surface area contributed by atoms with Gasteiger partial charge in [-0.05, 0) is 31.7 Å². The number of aliphatic hydroxyl groups is 1. The highest BCUT2D eigenvalue weighted by Crippen LogP contribution is 2.24. The summed E-state index contributed by atoms with van der Waals surface area (Å²) in [7, 11) is 0. The molecule has 1 saturated carbocycles. The highest BCUT2D eigenvalue weighted by Gasteiger charge is 2.21. The first-order valence-electron chi connectivity index (χ1n) is 4.08. The summed E-state index contributed by atoms with van der Waals surface area (Å²) in [5, 5.41) is 20.4. The first-order chi connectivity index (χ1) is 5.33. The molecule has 0 bridgehead atoms. The molecule has 3 nitrogen and oxygen atoms in total. The van der Waals surface area contributed by atoms with Crippen LogP contribution in [0.1, 0.15) is 19.3 Å². The van der Waals surface area contributed by atoms with Crippen LogP contribution in [0.25, 0.3) is 0 Å². The Hall–Kier alpha value is -0.590. The van der Waals surface area contributed by atoms with Gasteiger partial charge in [-0.2, -0.15) is 5.26 Å². The van der Waals surface area contributed by atoms with Gasteiger partial charge in [0.1, 0.15) is 0 Å². The number of rotatable bonds is 3. The van der Waals surface area contributed by atoms with Gasteiger partial charge in [-0.3, -0.25) is 0 Å². The first kappa shape index (κ1) is 8.51. The fourth-order valence-corrected chi connectivity index (χ4v) is 1.57. The topological polar surface area (TPSA) is 56.0 Å². The van der Waals surface area contributed by atoms with Crippen LogP contribution < -0.4 is 5.32 Å². The number of nitrogens with one attached hydrogen (secondary N) is 1. The molecule has 0 amide bonds. The van der Waals surface area contributed by atoms with Crippen LogP contribution in [-0.2, 0) is 0 Å². The van der Waals surface area contributed by atoms with Crippen LogP contribution in [0.4, 0.5) is 0 Å². The average molecular weight is 154 g/mol. The SMILES string of the molecule is N#CCNCC1CCC(O)C1. The van der Waals surface area contributed by atoms with E-state index in [0.717, 1.165) is 25.8 Å². The molecule has 62 valence electrons. The number of nitriles is 1. The Morgan fingerprint density at radius 1 is 1.55 bits per heavy atom. The van der Waals surface area contributed by atoms with Gasteiger partial charge < -0.3 is 10.4 Å². The standard InChI is InChI=1S/C8H14N2O/c9-3-4-10-6-7-1-2-8(11)5-7/h7-8,10-11H,1-2,4-6H2. The second-order valence-electron chi connectivity index (χ2n) is 3.12. The maximum atomic E-state index is 9.16. The molecule has 0 radical (unpaired) electrons. The summed E-state index contributed by atoms with van der Waals surface area (Å²) in [6.45, 7) is 1.30. The highest BCUT2D eigenvalue weighted by atomic mass is 16.3. The molecule has 0 aromatic carbocycles. The second kappa shape index (κ2) is 4.32. The van der Waals surface area contributed by atoms with Gasteiger partial charge >= 0.3 is 0 Å². The van der Waals surface area contributed by atoms with Gasteiger partial charge in [0.2, 0.25) is 0 Å². The van der Waals surface area contributed by atoms with Crippen molar-refractivity contribution >= 4 is 0 Å². The van der Waals surface area contributed by atoms with Gasteiger partial charge in [0.15, 0.2) is 0 Å². The van der Waals surface area contributed by atoms with E-state index in [2.05, 4.69) is 5.32 Å². The maximum Gasteiger partial charge on any atom is 0.0841 e. The number of hydrogen-bond donors (Lipinski definition) is 2. The molecule has 0 aliphatic heterocycles. The lowest BCUT2D eigenvalue weighted by molar-refractivity contribution is 0.177. The smallest absolute Gasteiger partial charge is 0.0841 e. The van der Waals surface area contributed by atoms with E-state index in [4.69, 9.17) is 10.4 Å². The van der Waals surface area contributed by atoms with Gasteiger partial charge in [0.25, 0.3) is 0 Å². The summed E-state index contributed by atoms with van der Waals surface area (Å²) in [5.41, 5.74) is 0. The Morgan fingerprint density at radius 3 is 2.91 bits per heavy atom. The Balaban J connectivity index is 2.05. The van der Waals surface area contributed by atoms with Crippen LogP contribution in [0.2, 0.25) is 0 Å². The van der Waals surface area contributed by atoms with Crippen LogP contribution in [0, 0.1) is 17.2 Å². The van der Waals surface area contributed by atoms with E-state index in [-0.39, 0.29) is 6.10 Å². The molecule has 0 spiro atoms. The molecular weight excluding hydrogens is 140 g/mol. The molecule has 1 aliphatic carbocycles. The van der Waals surface area contributed by atoms with Crippen molar-refractivity contribution in [1.82, 2.24) is 5.32 Å². The zero-order chi connectivity index (χ0) is 8.10. The lowest BCUT2D eigenvalue weighted by atomic mass is 10.1. The second-order valence-corrected chi connectivity index (χ2v) is 3.12.